The molecule has 3 aromatic rings. The van der Waals surface area contributed by atoms with E-state index in [-0.39, 0.29) is 18.0 Å². The lowest BCUT2D eigenvalue weighted by atomic mass is 10.0. The molecule has 1 aliphatic rings. The molecule has 0 spiro atoms. The van der Waals surface area contributed by atoms with E-state index in [1.54, 1.807) is 0 Å². The number of aromatic nitrogens is 1. The SMILES string of the molecule is O=C1NC(Cc2ccccc2)C=NC1Cc1c[nH]c2ccccc12. The van der Waals surface area contributed by atoms with Crippen LogP contribution in [0.5, 0.6) is 0 Å². The van der Waals surface area contributed by atoms with Gasteiger partial charge >= 0.3 is 0 Å². The number of benzene rings is 2. The van der Waals surface area contributed by atoms with Gasteiger partial charge in [0.1, 0.15) is 6.04 Å². The van der Waals surface area contributed by atoms with Gasteiger partial charge in [-0.2, -0.15) is 0 Å². The van der Waals surface area contributed by atoms with Crippen LogP contribution in [0, 0.1) is 0 Å². The lowest BCUT2D eigenvalue weighted by molar-refractivity contribution is -0.122. The summed E-state index contributed by atoms with van der Waals surface area (Å²) >= 11 is 0. The number of fused-ring (bicyclic) bond motifs is 1. The molecular formula is C20H19N3O. The number of H-pyrrole nitrogens is 1. The number of carbonyl (C=O) groups excluding carboxylic acids is 1. The quantitative estimate of drug-likeness (QED) is 0.764. The molecule has 2 unspecified atom stereocenters. The molecule has 24 heavy (non-hydrogen) atoms. The first-order valence-corrected chi connectivity index (χ1v) is 8.22. The molecule has 1 aliphatic heterocycles. The second kappa shape index (κ2) is 6.32. The zero-order valence-electron chi connectivity index (χ0n) is 13.3. The number of amides is 1. The van der Waals surface area contributed by atoms with E-state index in [1.807, 2.05) is 48.8 Å². The van der Waals surface area contributed by atoms with Crippen molar-refractivity contribution >= 4 is 23.0 Å². The van der Waals surface area contributed by atoms with Crippen LogP contribution in [0.4, 0.5) is 0 Å². The predicted octanol–water partition coefficient (Wildman–Crippen LogP) is 2.89. The van der Waals surface area contributed by atoms with E-state index >= 15 is 0 Å². The molecule has 0 bridgehead atoms. The van der Waals surface area contributed by atoms with Gasteiger partial charge in [-0.15, -0.1) is 0 Å². The second-order valence-corrected chi connectivity index (χ2v) is 6.18. The highest BCUT2D eigenvalue weighted by Gasteiger charge is 2.25. The maximum absolute atomic E-state index is 12.4. The molecule has 1 aromatic heterocycles. The van der Waals surface area contributed by atoms with Crippen molar-refractivity contribution in [1.82, 2.24) is 10.3 Å². The normalized spacial score (nSPS) is 20.2. The Kier molecular flexibility index (Phi) is 3.87. The van der Waals surface area contributed by atoms with Crippen LogP contribution in [0.1, 0.15) is 11.1 Å². The summed E-state index contributed by atoms with van der Waals surface area (Å²) in [5.74, 6) is 0.00344. The lowest BCUT2D eigenvalue weighted by Crippen LogP contribution is -2.47. The summed E-state index contributed by atoms with van der Waals surface area (Å²) in [6, 6.07) is 17.9. The first-order valence-electron chi connectivity index (χ1n) is 8.22. The van der Waals surface area contributed by atoms with Crippen molar-refractivity contribution in [2.75, 3.05) is 0 Å². The standard InChI is InChI=1S/C20H19N3O/c24-20-19(11-15-12-21-18-9-5-4-8-17(15)18)22-13-16(23-20)10-14-6-2-1-3-7-14/h1-9,12-13,16,19,21H,10-11H2,(H,23,24). The fourth-order valence-electron chi connectivity index (χ4n) is 3.22. The summed E-state index contributed by atoms with van der Waals surface area (Å²) in [7, 11) is 0. The van der Waals surface area contributed by atoms with Gasteiger partial charge in [0.05, 0.1) is 6.04 Å². The highest BCUT2D eigenvalue weighted by atomic mass is 16.2. The fraction of sp³-hybridized carbons (Fsp3) is 0.200. The van der Waals surface area contributed by atoms with Gasteiger partial charge in [0.2, 0.25) is 5.91 Å². The van der Waals surface area contributed by atoms with Crippen LogP contribution >= 0.6 is 0 Å². The number of hydrogen-bond acceptors (Lipinski definition) is 2. The highest BCUT2D eigenvalue weighted by molar-refractivity contribution is 5.91. The van der Waals surface area contributed by atoms with Gasteiger partial charge in [-0.1, -0.05) is 48.5 Å². The number of nitrogens with one attached hydrogen (secondary N) is 2. The zero-order valence-corrected chi connectivity index (χ0v) is 13.3. The lowest BCUT2D eigenvalue weighted by Gasteiger charge is -2.23. The van der Waals surface area contributed by atoms with Gasteiger partial charge in [0.15, 0.2) is 0 Å². The molecule has 0 saturated carbocycles. The summed E-state index contributed by atoms with van der Waals surface area (Å²) in [5.41, 5.74) is 3.42. The third-order valence-corrected chi connectivity index (χ3v) is 4.46. The Balaban J connectivity index is 1.48. The summed E-state index contributed by atoms with van der Waals surface area (Å²) < 4.78 is 0. The van der Waals surface area contributed by atoms with Gasteiger partial charge in [-0.05, 0) is 23.6 Å². The number of aromatic amines is 1. The van der Waals surface area contributed by atoms with Crippen molar-refractivity contribution < 1.29 is 4.79 Å². The molecular weight excluding hydrogens is 298 g/mol. The van der Waals surface area contributed by atoms with E-state index < -0.39 is 0 Å². The van der Waals surface area contributed by atoms with E-state index in [9.17, 15) is 4.79 Å². The summed E-state index contributed by atoms with van der Waals surface area (Å²) in [6.45, 7) is 0. The molecule has 1 amide bonds. The molecule has 0 saturated heterocycles. The monoisotopic (exact) mass is 317 g/mol. The molecule has 4 heteroatoms. The number of para-hydroxylation sites is 1. The van der Waals surface area contributed by atoms with Gasteiger partial charge in [0, 0.05) is 29.7 Å². The van der Waals surface area contributed by atoms with Crippen molar-refractivity contribution in [2.24, 2.45) is 4.99 Å². The van der Waals surface area contributed by atoms with Crippen molar-refractivity contribution in [1.29, 1.82) is 0 Å². The van der Waals surface area contributed by atoms with E-state index in [0.717, 1.165) is 22.9 Å². The largest absolute Gasteiger partial charge is 0.361 e. The van der Waals surface area contributed by atoms with Crippen LogP contribution in [-0.4, -0.2) is 29.2 Å². The third kappa shape index (κ3) is 2.95. The summed E-state index contributed by atoms with van der Waals surface area (Å²) in [6.07, 6.45) is 5.25. The summed E-state index contributed by atoms with van der Waals surface area (Å²) in [4.78, 5) is 20.2. The van der Waals surface area contributed by atoms with Crippen LogP contribution in [0.2, 0.25) is 0 Å². The van der Waals surface area contributed by atoms with Crippen LogP contribution in [-0.2, 0) is 17.6 Å². The second-order valence-electron chi connectivity index (χ2n) is 6.18. The van der Waals surface area contributed by atoms with Crippen molar-refractivity contribution in [3.63, 3.8) is 0 Å². The fourth-order valence-corrected chi connectivity index (χ4v) is 3.22. The molecule has 2 atom stereocenters. The first kappa shape index (κ1) is 14.7. The van der Waals surface area contributed by atoms with E-state index in [2.05, 4.69) is 33.5 Å². The Morgan fingerprint density at radius 1 is 0.958 bits per heavy atom. The number of nitrogens with zero attached hydrogens (tertiary/aromatic N) is 1. The van der Waals surface area contributed by atoms with Crippen LogP contribution < -0.4 is 5.32 Å². The first-order chi connectivity index (χ1) is 11.8. The Labute approximate surface area is 140 Å². The Bertz CT molecular complexity index is 882. The smallest absolute Gasteiger partial charge is 0.245 e. The molecule has 0 fully saturated rings. The number of hydrogen-bond donors (Lipinski definition) is 2. The maximum Gasteiger partial charge on any atom is 0.245 e. The topological polar surface area (TPSA) is 57.2 Å². The van der Waals surface area contributed by atoms with E-state index in [1.165, 1.54) is 5.56 Å². The van der Waals surface area contributed by atoms with Crippen LogP contribution in [0.25, 0.3) is 10.9 Å². The molecule has 2 N–H and O–H groups in total. The van der Waals surface area contributed by atoms with Gasteiger partial charge in [-0.25, -0.2) is 0 Å². The van der Waals surface area contributed by atoms with Crippen LogP contribution in [0.3, 0.4) is 0 Å². The van der Waals surface area contributed by atoms with Gasteiger partial charge in [0.25, 0.3) is 0 Å². The molecule has 0 radical (unpaired) electrons. The number of carbonyl (C=O) groups is 1. The Morgan fingerprint density at radius 2 is 1.75 bits per heavy atom. The zero-order chi connectivity index (χ0) is 16.4. The minimum Gasteiger partial charge on any atom is -0.361 e. The average molecular weight is 317 g/mol. The molecule has 4 rings (SSSR count). The van der Waals surface area contributed by atoms with Crippen molar-refractivity contribution in [2.45, 2.75) is 24.9 Å². The van der Waals surface area contributed by atoms with Crippen molar-refractivity contribution in [3.8, 4) is 0 Å². The molecule has 2 heterocycles. The summed E-state index contributed by atoms with van der Waals surface area (Å²) in [5, 5.41) is 4.24. The number of aliphatic imine (C=N–C) groups is 1. The predicted molar refractivity (Wildman–Crippen MR) is 96.4 cm³/mol. The Hall–Kier alpha value is -2.88. The Morgan fingerprint density at radius 3 is 2.58 bits per heavy atom. The molecule has 2 aromatic carbocycles. The third-order valence-electron chi connectivity index (χ3n) is 4.46. The highest BCUT2D eigenvalue weighted by Crippen LogP contribution is 2.20. The number of rotatable bonds is 4. The maximum atomic E-state index is 12.4. The minimum atomic E-state index is -0.351. The van der Waals surface area contributed by atoms with Crippen molar-refractivity contribution in [3.05, 3.63) is 71.9 Å². The van der Waals surface area contributed by atoms with Gasteiger partial charge in [-0.3, -0.25) is 9.79 Å². The molecule has 0 aliphatic carbocycles. The molecule has 4 nitrogen and oxygen atoms in total. The molecule has 120 valence electrons. The van der Waals surface area contributed by atoms with E-state index in [4.69, 9.17) is 0 Å². The van der Waals surface area contributed by atoms with Crippen LogP contribution in [0.15, 0.2) is 65.8 Å². The average Bonchev–Trinajstić information content (AvgIpc) is 3.01. The van der Waals surface area contributed by atoms with E-state index in [0.29, 0.717) is 6.42 Å². The van der Waals surface area contributed by atoms with Gasteiger partial charge < -0.3 is 10.3 Å². The minimum absolute atomic E-state index is 0.00344.